The second-order valence-electron chi connectivity index (χ2n) is 6.10. The standard InChI is InChI=1S/C23H25NO3/c1-25-22-13-12-20(16-23(22)27-18-19-8-4-2-5-9-19)17-24-14-15-26-21-10-6-3-7-11-21/h2-13,16,24H,14-15,17-18H2,1H3. The molecule has 3 rings (SSSR count). The first-order valence-electron chi connectivity index (χ1n) is 9.07. The Hall–Kier alpha value is -2.98. The molecule has 3 aromatic rings. The second-order valence-corrected chi connectivity index (χ2v) is 6.10. The molecule has 0 saturated heterocycles. The zero-order valence-corrected chi connectivity index (χ0v) is 15.6. The third-order valence-electron chi connectivity index (χ3n) is 4.09. The van der Waals surface area contributed by atoms with Crippen LogP contribution < -0.4 is 19.5 Å². The van der Waals surface area contributed by atoms with Gasteiger partial charge in [0.1, 0.15) is 19.0 Å². The molecule has 0 aromatic heterocycles. The smallest absolute Gasteiger partial charge is 0.161 e. The first-order chi connectivity index (χ1) is 13.3. The molecular formula is C23H25NO3. The molecule has 4 nitrogen and oxygen atoms in total. The highest BCUT2D eigenvalue weighted by Crippen LogP contribution is 2.28. The van der Waals surface area contributed by atoms with E-state index in [4.69, 9.17) is 14.2 Å². The lowest BCUT2D eigenvalue weighted by molar-refractivity contribution is 0.284. The van der Waals surface area contributed by atoms with Crippen LogP contribution in [-0.2, 0) is 13.2 Å². The van der Waals surface area contributed by atoms with E-state index in [0.717, 1.165) is 41.5 Å². The van der Waals surface area contributed by atoms with Gasteiger partial charge in [0.25, 0.3) is 0 Å². The van der Waals surface area contributed by atoms with Crippen LogP contribution in [-0.4, -0.2) is 20.3 Å². The summed E-state index contributed by atoms with van der Waals surface area (Å²) in [5.74, 6) is 2.38. The van der Waals surface area contributed by atoms with Crippen LogP contribution >= 0.6 is 0 Å². The van der Waals surface area contributed by atoms with E-state index >= 15 is 0 Å². The van der Waals surface area contributed by atoms with Gasteiger partial charge in [-0.05, 0) is 35.4 Å². The van der Waals surface area contributed by atoms with Crippen molar-refractivity contribution in [2.24, 2.45) is 0 Å². The van der Waals surface area contributed by atoms with Gasteiger partial charge in [0.2, 0.25) is 0 Å². The monoisotopic (exact) mass is 363 g/mol. The zero-order valence-electron chi connectivity index (χ0n) is 15.6. The van der Waals surface area contributed by atoms with Gasteiger partial charge in [-0.3, -0.25) is 0 Å². The second kappa shape index (κ2) is 10.2. The number of methoxy groups -OCH3 is 1. The molecule has 1 N–H and O–H groups in total. The van der Waals surface area contributed by atoms with E-state index in [0.29, 0.717) is 13.2 Å². The molecule has 0 radical (unpaired) electrons. The summed E-state index contributed by atoms with van der Waals surface area (Å²) in [6, 6.07) is 25.9. The van der Waals surface area contributed by atoms with Gasteiger partial charge in [-0.25, -0.2) is 0 Å². The highest BCUT2D eigenvalue weighted by Gasteiger charge is 2.06. The van der Waals surface area contributed by atoms with E-state index in [9.17, 15) is 0 Å². The molecule has 140 valence electrons. The van der Waals surface area contributed by atoms with Crippen LogP contribution in [0.4, 0.5) is 0 Å². The quantitative estimate of drug-likeness (QED) is 0.541. The van der Waals surface area contributed by atoms with Crippen molar-refractivity contribution < 1.29 is 14.2 Å². The molecule has 4 heteroatoms. The number of hydrogen-bond donors (Lipinski definition) is 1. The lowest BCUT2D eigenvalue weighted by atomic mass is 10.2. The van der Waals surface area contributed by atoms with Crippen LogP contribution in [0.2, 0.25) is 0 Å². The van der Waals surface area contributed by atoms with Gasteiger partial charge in [0.15, 0.2) is 11.5 Å². The minimum atomic E-state index is 0.513. The average Bonchev–Trinajstić information content (AvgIpc) is 2.73. The Kier molecular flexibility index (Phi) is 7.13. The van der Waals surface area contributed by atoms with Gasteiger partial charge in [-0.15, -0.1) is 0 Å². The van der Waals surface area contributed by atoms with Crippen molar-refractivity contribution in [2.45, 2.75) is 13.2 Å². The van der Waals surface area contributed by atoms with Gasteiger partial charge >= 0.3 is 0 Å². The molecule has 0 saturated carbocycles. The number of hydrogen-bond acceptors (Lipinski definition) is 4. The van der Waals surface area contributed by atoms with Crippen molar-refractivity contribution in [1.29, 1.82) is 0 Å². The van der Waals surface area contributed by atoms with E-state index in [-0.39, 0.29) is 0 Å². The summed E-state index contributed by atoms with van der Waals surface area (Å²) in [6.07, 6.45) is 0. The lowest BCUT2D eigenvalue weighted by Crippen LogP contribution is -2.20. The Bertz CT molecular complexity index is 806. The summed E-state index contributed by atoms with van der Waals surface area (Å²) in [5.41, 5.74) is 2.26. The van der Waals surface area contributed by atoms with E-state index < -0.39 is 0 Å². The van der Waals surface area contributed by atoms with Crippen LogP contribution in [0.15, 0.2) is 78.9 Å². The van der Waals surface area contributed by atoms with Crippen LogP contribution in [0.3, 0.4) is 0 Å². The van der Waals surface area contributed by atoms with Gasteiger partial charge in [-0.1, -0.05) is 54.6 Å². The maximum atomic E-state index is 5.96. The molecule has 0 aliphatic heterocycles. The number of para-hydroxylation sites is 1. The molecule has 0 unspecified atom stereocenters. The Morgan fingerprint density at radius 1 is 0.741 bits per heavy atom. The molecule has 0 bridgehead atoms. The van der Waals surface area contributed by atoms with Crippen molar-refractivity contribution in [3.63, 3.8) is 0 Å². The highest BCUT2D eigenvalue weighted by atomic mass is 16.5. The van der Waals surface area contributed by atoms with Gasteiger partial charge < -0.3 is 19.5 Å². The first-order valence-corrected chi connectivity index (χ1v) is 9.07. The predicted octanol–water partition coefficient (Wildman–Crippen LogP) is 4.44. The topological polar surface area (TPSA) is 39.7 Å². The van der Waals surface area contributed by atoms with Crippen molar-refractivity contribution in [3.05, 3.63) is 90.0 Å². The van der Waals surface area contributed by atoms with Gasteiger partial charge in [-0.2, -0.15) is 0 Å². The summed E-state index contributed by atoms with van der Waals surface area (Å²) in [4.78, 5) is 0. The summed E-state index contributed by atoms with van der Waals surface area (Å²) >= 11 is 0. The largest absolute Gasteiger partial charge is 0.493 e. The molecule has 0 amide bonds. The Morgan fingerprint density at radius 3 is 2.22 bits per heavy atom. The first kappa shape index (κ1) is 18.8. The molecule has 0 atom stereocenters. The molecule has 3 aromatic carbocycles. The van der Waals surface area contributed by atoms with Crippen LogP contribution in [0.5, 0.6) is 17.2 Å². The molecular weight excluding hydrogens is 338 g/mol. The lowest BCUT2D eigenvalue weighted by Gasteiger charge is -2.13. The van der Waals surface area contributed by atoms with E-state index in [1.54, 1.807) is 7.11 Å². The summed E-state index contributed by atoms with van der Waals surface area (Å²) in [6.45, 7) is 2.64. The SMILES string of the molecule is COc1ccc(CNCCOc2ccccc2)cc1OCc1ccccc1. The van der Waals surface area contributed by atoms with E-state index in [1.165, 1.54) is 0 Å². The third-order valence-corrected chi connectivity index (χ3v) is 4.09. The predicted molar refractivity (Wildman–Crippen MR) is 107 cm³/mol. The summed E-state index contributed by atoms with van der Waals surface area (Å²) in [7, 11) is 1.66. The molecule has 0 heterocycles. The normalized spacial score (nSPS) is 10.4. The van der Waals surface area contributed by atoms with Crippen molar-refractivity contribution in [3.8, 4) is 17.2 Å². The van der Waals surface area contributed by atoms with E-state index in [2.05, 4.69) is 5.32 Å². The maximum Gasteiger partial charge on any atom is 0.161 e. The zero-order chi connectivity index (χ0) is 18.7. The molecule has 0 spiro atoms. The van der Waals surface area contributed by atoms with Crippen LogP contribution in [0.25, 0.3) is 0 Å². The van der Waals surface area contributed by atoms with Crippen LogP contribution in [0.1, 0.15) is 11.1 Å². The highest BCUT2D eigenvalue weighted by molar-refractivity contribution is 5.43. The number of rotatable bonds is 10. The third kappa shape index (κ3) is 6.04. The van der Waals surface area contributed by atoms with Crippen molar-refractivity contribution in [2.75, 3.05) is 20.3 Å². The van der Waals surface area contributed by atoms with Gasteiger partial charge in [0.05, 0.1) is 7.11 Å². The molecule has 0 aliphatic carbocycles. The minimum absolute atomic E-state index is 0.513. The Labute approximate surface area is 160 Å². The van der Waals surface area contributed by atoms with Crippen molar-refractivity contribution >= 4 is 0 Å². The molecule has 0 aliphatic rings. The average molecular weight is 363 g/mol. The van der Waals surface area contributed by atoms with Crippen molar-refractivity contribution in [1.82, 2.24) is 5.32 Å². The number of ether oxygens (including phenoxy) is 3. The van der Waals surface area contributed by atoms with E-state index in [1.807, 2.05) is 78.9 Å². The molecule has 0 fully saturated rings. The van der Waals surface area contributed by atoms with Gasteiger partial charge in [0, 0.05) is 13.1 Å². The summed E-state index contributed by atoms with van der Waals surface area (Å²) < 4.78 is 17.1. The maximum absolute atomic E-state index is 5.96. The Balaban J connectivity index is 1.48. The number of nitrogens with one attached hydrogen (secondary N) is 1. The number of benzene rings is 3. The van der Waals surface area contributed by atoms with Crippen LogP contribution in [0, 0.1) is 0 Å². The fraction of sp³-hybridized carbons (Fsp3) is 0.217. The fourth-order valence-corrected chi connectivity index (χ4v) is 2.67. The Morgan fingerprint density at radius 2 is 1.48 bits per heavy atom. The molecule has 27 heavy (non-hydrogen) atoms. The minimum Gasteiger partial charge on any atom is -0.493 e. The fourth-order valence-electron chi connectivity index (χ4n) is 2.67. The summed E-state index contributed by atoms with van der Waals surface area (Å²) in [5, 5.41) is 3.39.